The van der Waals surface area contributed by atoms with Crippen LogP contribution in [-0.4, -0.2) is 59.1 Å². The maximum absolute atomic E-state index is 13.4. The topological polar surface area (TPSA) is 123 Å². The molecule has 2 aromatic carbocycles. The van der Waals surface area contributed by atoms with Crippen molar-refractivity contribution in [3.05, 3.63) is 71.8 Å². The van der Waals surface area contributed by atoms with Crippen molar-refractivity contribution in [1.82, 2.24) is 15.1 Å². The number of benzene rings is 2. The molecule has 0 spiro atoms. The molecule has 0 saturated carbocycles. The Balaban J connectivity index is 1.43. The molecule has 34 heavy (non-hydrogen) atoms. The molecule has 2 N–H and O–H groups in total. The molecule has 0 unspecified atom stereocenters. The number of rotatable bonds is 6. The smallest absolute Gasteiger partial charge is 0.342 e. The predicted molar refractivity (Wildman–Crippen MR) is 118 cm³/mol. The van der Waals surface area contributed by atoms with E-state index in [9.17, 15) is 18.8 Å². The van der Waals surface area contributed by atoms with Gasteiger partial charge in [0.05, 0.1) is 11.9 Å². The second kappa shape index (κ2) is 9.61. The van der Waals surface area contributed by atoms with E-state index in [2.05, 4.69) is 10.4 Å². The van der Waals surface area contributed by atoms with Gasteiger partial charge in [0.25, 0.3) is 5.91 Å². The lowest BCUT2D eigenvalue weighted by molar-refractivity contribution is -0.139. The van der Waals surface area contributed by atoms with Crippen LogP contribution in [0.3, 0.4) is 0 Å². The number of carbonyl (C=O) groups excluding carboxylic acids is 2. The zero-order valence-electron chi connectivity index (χ0n) is 18.1. The zero-order chi connectivity index (χ0) is 24.2. The number of ether oxygens (including phenoxy) is 2. The van der Waals surface area contributed by atoms with Gasteiger partial charge in [-0.2, -0.15) is 9.78 Å². The van der Waals surface area contributed by atoms with E-state index in [4.69, 9.17) is 14.6 Å². The number of carboxylic acids is 1. The van der Waals surface area contributed by atoms with Crippen molar-refractivity contribution in [2.75, 3.05) is 25.2 Å². The van der Waals surface area contributed by atoms with Crippen LogP contribution in [0.2, 0.25) is 0 Å². The molecule has 1 aliphatic heterocycles. The molecule has 3 aromatic rings. The van der Waals surface area contributed by atoms with E-state index in [0.29, 0.717) is 23.4 Å². The van der Waals surface area contributed by atoms with Crippen LogP contribution in [0, 0.1) is 5.82 Å². The molecule has 10 nitrogen and oxygen atoms in total. The standard InChI is InChI=1S/C23H21FN4O6/c1-27-19-9-17(33-13-21(29)30)5-6-20(19)34-12-18(22(27)31)26-23(32)28-11-15(10-25-28)7-14-3-2-4-16(24)8-14/h2-6,8-11,18H,7,12-13H2,1H3,(H,26,32)(H,29,30)/t18-/m0/s1. The summed E-state index contributed by atoms with van der Waals surface area (Å²) in [6.07, 6.45) is 3.39. The lowest BCUT2D eigenvalue weighted by Gasteiger charge is -2.20. The Labute approximate surface area is 193 Å². The van der Waals surface area contributed by atoms with Crippen molar-refractivity contribution in [3.63, 3.8) is 0 Å². The van der Waals surface area contributed by atoms with E-state index >= 15 is 0 Å². The summed E-state index contributed by atoms with van der Waals surface area (Å²) in [5, 5.41) is 15.4. The monoisotopic (exact) mass is 468 g/mol. The van der Waals surface area contributed by atoms with Crippen molar-refractivity contribution >= 4 is 23.6 Å². The minimum atomic E-state index is -1.13. The van der Waals surface area contributed by atoms with E-state index in [1.165, 1.54) is 48.6 Å². The minimum Gasteiger partial charge on any atom is -0.489 e. The van der Waals surface area contributed by atoms with E-state index in [1.807, 2.05) is 0 Å². The summed E-state index contributed by atoms with van der Waals surface area (Å²) in [5.74, 6) is -1.27. The third-order valence-corrected chi connectivity index (χ3v) is 5.13. The number of nitrogens with zero attached hydrogens (tertiary/aromatic N) is 3. The summed E-state index contributed by atoms with van der Waals surface area (Å²) in [5.41, 5.74) is 1.81. The summed E-state index contributed by atoms with van der Waals surface area (Å²) in [6, 6.07) is 9.10. The van der Waals surface area contributed by atoms with Crippen LogP contribution in [-0.2, 0) is 16.0 Å². The van der Waals surface area contributed by atoms with Crippen LogP contribution < -0.4 is 19.7 Å². The van der Waals surface area contributed by atoms with Gasteiger partial charge in [0.2, 0.25) is 0 Å². The molecule has 0 aliphatic carbocycles. The fourth-order valence-corrected chi connectivity index (χ4v) is 3.48. The van der Waals surface area contributed by atoms with Crippen molar-refractivity contribution in [1.29, 1.82) is 0 Å². The second-order valence-corrected chi connectivity index (χ2v) is 7.62. The van der Waals surface area contributed by atoms with Gasteiger partial charge >= 0.3 is 12.0 Å². The minimum absolute atomic E-state index is 0.116. The number of hydrogen-bond donors (Lipinski definition) is 2. The molecule has 2 heterocycles. The average molecular weight is 468 g/mol. The van der Waals surface area contributed by atoms with E-state index in [1.54, 1.807) is 18.2 Å². The van der Waals surface area contributed by atoms with E-state index in [-0.39, 0.29) is 18.2 Å². The summed E-state index contributed by atoms with van der Waals surface area (Å²) in [6.45, 7) is -0.643. The van der Waals surface area contributed by atoms with Crippen molar-refractivity contribution in [3.8, 4) is 11.5 Å². The van der Waals surface area contributed by atoms with E-state index in [0.717, 1.165) is 10.2 Å². The number of hydrogen-bond acceptors (Lipinski definition) is 6. The lowest BCUT2D eigenvalue weighted by Crippen LogP contribution is -2.50. The third-order valence-electron chi connectivity index (χ3n) is 5.13. The quantitative estimate of drug-likeness (QED) is 0.568. The highest BCUT2D eigenvalue weighted by Crippen LogP contribution is 2.34. The predicted octanol–water partition coefficient (Wildman–Crippen LogP) is 2.06. The molecule has 11 heteroatoms. The summed E-state index contributed by atoms with van der Waals surface area (Å²) in [4.78, 5) is 37.7. The van der Waals surface area contributed by atoms with Gasteiger partial charge in [-0.25, -0.2) is 14.0 Å². The maximum atomic E-state index is 13.4. The number of amides is 2. The van der Waals surface area contributed by atoms with Crippen LogP contribution in [0.15, 0.2) is 54.9 Å². The molecule has 0 saturated heterocycles. The molecule has 1 atom stereocenters. The molecule has 0 bridgehead atoms. The fraction of sp³-hybridized carbons (Fsp3) is 0.217. The first-order valence-corrected chi connectivity index (χ1v) is 10.3. The van der Waals surface area contributed by atoms with Crippen LogP contribution in [0.5, 0.6) is 11.5 Å². The average Bonchev–Trinajstić information content (AvgIpc) is 3.24. The Hall–Kier alpha value is -4.41. The van der Waals surface area contributed by atoms with Gasteiger partial charge in [-0.05, 0) is 35.4 Å². The molecule has 1 aliphatic rings. The Morgan fingerprint density at radius 1 is 1.26 bits per heavy atom. The van der Waals surface area contributed by atoms with Gasteiger partial charge < -0.3 is 24.8 Å². The fourth-order valence-electron chi connectivity index (χ4n) is 3.48. The largest absolute Gasteiger partial charge is 0.489 e. The molecular weight excluding hydrogens is 447 g/mol. The summed E-state index contributed by atoms with van der Waals surface area (Å²) in [7, 11) is 1.51. The number of carbonyl (C=O) groups is 3. The number of fused-ring (bicyclic) bond motifs is 1. The molecular formula is C23H21FN4O6. The summed E-state index contributed by atoms with van der Waals surface area (Å²) >= 11 is 0. The maximum Gasteiger partial charge on any atom is 0.342 e. The van der Waals surface area contributed by atoms with Crippen molar-refractivity contribution in [2.45, 2.75) is 12.5 Å². The van der Waals surface area contributed by atoms with E-state index < -0.39 is 30.6 Å². The number of aromatic nitrogens is 2. The Bertz CT molecular complexity index is 1240. The number of carboxylic acid groups (broad SMARTS) is 1. The van der Waals surface area contributed by atoms with Gasteiger partial charge in [0.15, 0.2) is 6.61 Å². The molecule has 0 radical (unpaired) electrons. The number of aliphatic carboxylic acids is 1. The van der Waals surface area contributed by atoms with Crippen LogP contribution in [0.4, 0.5) is 14.9 Å². The Morgan fingerprint density at radius 3 is 2.85 bits per heavy atom. The number of anilines is 1. The van der Waals surface area contributed by atoms with Crippen molar-refractivity contribution < 1.29 is 33.4 Å². The number of likely N-dealkylation sites (N-methyl/N-ethyl adjacent to an activating group) is 1. The Kier molecular flexibility index (Phi) is 6.44. The zero-order valence-corrected chi connectivity index (χ0v) is 18.1. The van der Waals surface area contributed by atoms with Crippen molar-refractivity contribution in [2.24, 2.45) is 0 Å². The highest BCUT2D eigenvalue weighted by molar-refractivity contribution is 6.00. The molecule has 4 rings (SSSR count). The van der Waals surface area contributed by atoms with Gasteiger partial charge in [0, 0.05) is 25.7 Å². The first-order valence-electron chi connectivity index (χ1n) is 10.3. The Morgan fingerprint density at radius 2 is 2.09 bits per heavy atom. The van der Waals surface area contributed by atoms with Crippen LogP contribution in [0.1, 0.15) is 11.1 Å². The molecule has 176 valence electrons. The van der Waals surface area contributed by atoms with Gasteiger partial charge in [-0.3, -0.25) is 4.79 Å². The summed E-state index contributed by atoms with van der Waals surface area (Å²) < 4.78 is 25.3. The SMILES string of the molecule is CN1C(=O)[C@@H](NC(=O)n2cc(Cc3cccc(F)c3)cn2)COc2ccc(OCC(=O)O)cc21. The normalized spacial score (nSPS) is 15.2. The third kappa shape index (κ3) is 5.14. The van der Waals surface area contributed by atoms with Gasteiger partial charge in [0.1, 0.15) is 30.0 Å². The molecule has 2 amide bonds. The molecule has 0 fully saturated rings. The van der Waals surface area contributed by atoms with Crippen LogP contribution in [0.25, 0.3) is 0 Å². The van der Waals surface area contributed by atoms with Gasteiger partial charge in [-0.15, -0.1) is 0 Å². The van der Waals surface area contributed by atoms with Crippen LogP contribution >= 0.6 is 0 Å². The number of nitrogens with one attached hydrogen (secondary N) is 1. The highest BCUT2D eigenvalue weighted by Gasteiger charge is 2.31. The lowest BCUT2D eigenvalue weighted by atomic mass is 10.1. The van der Waals surface area contributed by atoms with Gasteiger partial charge in [-0.1, -0.05) is 12.1 Å². The highest BCUT2D eigenvalue weighted by atomic mass is 19.1. The first-order chi connectivity index (χ1) is 16.3. The first kappa shape index (κ1) is 22.8. The second-order valence-electron chi connectivity index (χ2n) is 7.62. The molecule has 1 aromatic heterocycles. The number of halogens is 1.